The Morgan fingerprint density at radius 2 is 1.22 bits per heavy atom. The van der Waals surface area contributed by atoms with Crippen molar-refractivity contribution in [2.75, 3.05) is 0 Å². The van der Waals surface area contributed by atoms with Crippen LogP contribution in [0.2, 0.25) is 0 Å². The first-order chi connectivity index (χ1) is 12.5. The zero-order valence-electron chi connectivity index (χ0n) is 17.0. The van der Waals surface area contributed by atoms with Crippen molar-refractivity contribution in [2.24, 2.45) is 29.1 Å². The van der Waals surface area contributed by atoms with E-state index in [0.29, 0.717) is 25.7 Å². The first-order valence-electron chi connectivity index (χ1n) is 9.71. The summed E-state index contributed by atoms with van der Waals surface area (Å²) in [6, 6.07) is 0. The molecular weight excluding hydrogens is 352 g/mol. The van der Waals surface area contributed by atoms with Crippen molar-refractivity contribution in [1.82, 2.24) is 0 Å². The van der Waals surface area contributed by atoms with Crippen LogP contribution in [-0.2, 0) is 19.2 Å². The number of carbonyl (C=O) groups is 4. The minimum absolute atomic E-state index is 0.109. The molecule has 0 aromatic carbocycles. The number of ketones is 1. The van der Waals surface area contributed by atoms with Gasteiger partial charge in [0.15, 0.2) is 0 Å². The number of aliphatic carboxylic acids is 3. The summed E-state index contributed by atoms with van der Waals surface area (Å²) in [5, 5.41) is 28.7. The lowest BCUT2D eigenvalue weighted by molar-refractivity contribution is -0.166. The van der Waals surface area contributed by atoms with E-state index in [2.05, 4.69) is 0 Å². The average Bonchev–Trinajstić information content (AvgIpc) is 2.61. The van der Waals surface area contributed by atoms with Gasteiger partial charge in [-0.2, -0.15) is 0 Å². The molecule has 0 bridgehead atoms. The quantitative estimate of drug-likeness (QED) is 0.415. The molecule has 0 heterocycles. The molecule has 4 atom stereocenters. The van der Waals surface area contributed by atoms with Gasteiger partial charge < -0.3 is 15.3 Å². The van der Waals surface area contributed by atoms with Crippen LogP contribution < -0.4 is 0 Å². The van der Waals surface area contributed by atoms with Gasteiger partial charge in [0.1, 0.15) is 5.78 Å². The summed E-state index contributed by atoms with van der Waals surface area (Å²) >= 11 is 0. The predicted octanol–water partition coefficient (Wildman–Crippen LogP) is 3.70. The van der Waals surface area contributed by atoms with Crippen molar-refractivity contribution < 1.29 is 34.5 Å². The highest BCUT2D eigenvalue weighted by molar-refractivity contribution is 5.97. The van der Waals surface area contributed by atoms with Gasteiger partial charge in [0.25, 0.3) is 0 Å². The van der Waals surface area contributed by atoms with E-state index in [-0.39, 0.29) is 6.42 Å². The van der Waals surface area contributed by atoms with Crippen LogP contribution in [-0.4, -0.2) is 39.0 Å². The van der Waals surface area contributed by atoms with Crippen molar-refractivity contribution in [3.05, 3.63) is 0 Å². The number of hydrogen-bond acceptors (Lipinski definition) is 4. The van der Waals surface area contributed by atoms with Crippen molar-refractivity contribution in [3.63, 3.8) is 0 Å². The van der Waals surface area contributed by atoms with E-state index in [4.69, 9.17) is 0 Å². The molecule has 4 unspecified atom stereocenters. The number of unbranched alkanes of at least 4 members (excludes halogenated alkanes) is 2. The molecule has 0 radical (unpaired) electrons. The summed E-state index contributed by atoms with van der Waals surface area (Å²) in [5.41, 5.74) is -1.64. The zero-order valence-corrected chi connectivity index (χ0v) is 17.0. The number of hydrogen-bond donors (Lipinski definition) is 3. The summed E-state index contributed by atoms with van der Waals surface area (Å²) in [4.78, 5) is 48.8. The van der Waals surface area contributed by atoms with Gasteiger partial charge in [-0.05, 0) is 12.8 Å². The minimum Gasteiger partial charge on any atom is -0.481 e. The van der Waals surface area contributed by atoms with Crippen molar-refractivity contribution in [1.29, 1.82) is 0 Å². The van der Waals surface area contributed by atoms with Gasteiger partial charge in [-0.25, -0.2) is 0 Å². The number of carboxylic acid groups (broad SMARTS) is 3. The number of Topliss-reactive ketones (excluding diaryl/α,β-unsaturated/α-hetero) is 1. The third-order valence-corrected chi connectivity index (χ3v) is 5.89. The van der Waals surface area contributed by atoms with Gasteiger partial charge in [-0.3, -0.25) is 19.2 Å². The Hall–Kier alpha value is -1.92. The van der Waals surface area contributed by atoms with Gasteiger partial charge in [0.2, 0.25) is 0 Å². The maximum Gasteiger partial charge on any atom is 0.307 e. The van der Waals surface area contributed by atoms with Crippen molar-refractivity contribution in [2.45, 2.75) is 73.1 Å². The van der Waals surface area contributed by atoms with Crippen LogP contribution >= 0.6 is 0 Å². The van der Waals surface area contributed by atoms with Crippen molar-refractivity contribution >= 4 is 23.7 Å². The molecule has 0 rings (SSSR count). The summed E-state index contributed by atoms with van der Waals surface area (Å²) in [6.07, 6.45) is 2.93. The fourth-order valence-electron chi connectivity index (χ4n) is 3.82. The zero-order chi connectivity index (χ0) is 21.4. The molecule has 27 heavy (non-hydrogen) atoms. The molecule has 0 saturated carbocycles. The van der Waals surface area contributed by atoms with Gasteiger partial charge in [0.05, 0.1) is 23.2 Å². The van der Waals surface area contributed by atoms with E-state index in [9.17, 15) is 34.5 Å². The maximum atomic E-state index is 13.6. The smallest absolute Gasteiger partial charge is 0.307 e. The Labute approximate surface area is 161 Å². The van der Waals surface area contributed by atoms with Crippen LogP contribution in [0.5, 0.6) is 0 Å². The molecule has 0 aliphatic carbocycles. The van der Waals surface area contributed by atoms with Crippen LogP contribution in [0.25, 0.3) is 0 Å². The van der Waals surface area contributed by atoms with E-state index in [1.54, 1.807) is 0 Å². The van der Waals surface area contributed by atoms with Crippen LogP contribution in [0, 0.1) is 29.1 Å². The van der Waals surface area contributed by atoms with Gasteiger partial charge in [-0.1, -0.05) is 60.3 Å². The largest absolute Gasteiger partial charge is 0.481 e. The number of carboxylic acids is 3. The van der Waals surface area contributed by atoms with Crippen LogP contribution in [0.15, 0.2) is 0 Å². The Bertz CT molecular complexity index is 520. The van der Waals surface area contributed by atoms with E-state index < -0.39 is 52.8 Å². The monoisotopic (exact) mass is 386 g/mol. The first-order valence-corrected chi connectivity index (χ1v) is 9.71. The number of carbonyl (C=O) groups excluding carboxylic acids is 1. The molecule has 0 fully saturated rings. The third kappa shape index (κ3) is 5.78. The van der Waals surface area contributed by atoms with Gasteiger partial charge in [0, 0.05) is 5.92 Å². The second kappa shape index (κ2) is 11.0. The lowest BCUT2D eigenvalue weighted by atomic mass is 9.58. The Morgan fingerprint density at radius 1 is 0.778 bits per heavy atom. The SMILES string of the molecule is CCCCC(C(=O)C(CCCC)(C(C)C(=O)O)C(C)C(=O)O)C(C)C(=O)O. The molecule has 3 N–H and O–H groups in total. The molecule has 7 heteroatoms. The summed E-state index contributed by atoms with van der Waals surface area (Å²) in [5.74, 6) is -8.55. The van der Waals surface area contributed by atoms with Crippen molar-refractivity contribution in [3.8, 4) is 0 Å². The normalized spacial score (nSPS) is 18.0. The highest BCUT2D eigenvalue weighted by Crippen LogP contribution is 2.46. The predicted molar refractivity (Wildman–Crippen MR) is 100 cm³/mol. The van der Waals surface area contributed by atoms with Crippen LogP contribution in [0.4, 0.5) is 0 Å². The molecule has 0 saturated heterocycles. The lowest BCUT2D eigenvalue weighted by Crippen LogP contribution is -2.52. The first kappa shape index (κ1) is 25.1. The summed E-state index contributed by atoms with van der Waals surface area (Å²) in [7, 11) is 0. The minimum atomic E-state index is -1.64. The van der Waals surface area contributed by atoms with E-state index in [1.165, 1.54) is 20.8 Å². The summed E-state index contributed by atoms with van der Waals surface area (Å²) in [6.45, 7) is 7.94. The topological polar surface area (TPSA) is 129 Å². The molecular formula is C20H34O7. The number of rotatable bonds is 14. The molecule has 0 spiro atoms. The highest BCUT2D eigenvalue weighted by Gasteiger charge is 2.55. The van der Waals surface area contributed by atoms with E-state index >= 15 is 0 Å². The Morgan fingerprint density at radius 3 is 1.56 bits per heavy atom. The summed E-state index contributed by atoms with van der Waals surface area (Å²) < 4.78 is 0. The molecule has 156 valence electrons. The maximum absolute atomic E-state index is 13.6. The van der Waals surface area contributed by atoms with Gasteiger partial charge >= 0.3 is 17.9 Å². The Balaban J connectivity index is 6.45. The van der Waals surface area contributed by atoms with Crippen LogP contribution in [0.3, 0.4) is 0 Å². The standard InChI is InChI=1S/C20H34O7/c1-6-8-10-15(12(3)17(22)23)16(21)20(11-9-7-2,13(4)18(24)25)14(5)19(26)27/h12-15H,6-11H2,1-5H3,(H,22,23)(H,24,25)(H,26,27). The second-order valence-corrected chi connectivity index (χ2v) is 7.50. The average molecular weight is 386 g/mol. The molecule has 0 aliphatic rings. The fraction of sp³-hybridized carbons (Fsp3) is 0.800. The van der Waals surface area contributed by atoms with E-state index in [0.717, 1.165) is 6.42 Å². The molecule has 0 aromatic heterocycles. The molecule has 0 aromatic rings. The molecule has 7 nitrogen and oxygen atoms in total. The van der Waals surface area contributed by atoms with Gasteiger partial charge in [-0.15, -0.1) is 0 Å². The Kier molecular flexibility index (Phi) is 10.3. The van der Waals surface area contributed by atoms with E-state index in [1.807, 2.05) is 13.8 Å². The molecule has 0 aliphatic heterocycles. The van der Waals surface area contributed by atoms with Crippen LogP contribution in [0.1, 0.15) is 73.1 Å². The fourth-order valence-corrected chi connectivity index (χ4v) is 3.82. The highest BCUT2D eigenvalue weighted by atomic mass is 16.4. The second-order valence-electron chi connectivity index (χ2n) is 7.50. The lowest BCUT2D eigenvalue weighted by Gasteiger charge is -2.42. The third-order valence-electron chi connectivity index (χ3n) is 5.89. The molecule has 0 amide bonds.